The van der Waals surface area contributed by atoms with Crippen LogP contribution in [0.5, 0.6) is 0 Å². The quantitative estimate of drug-likeness (QED) is 0.757. The minimum atomic E-state index is -0.828. The molecule has 5 rings (SSSR count). The maximum Gasteiger partial charge on any atom is 0.240 e. The average Bonchev–Trinajstić information content (AvgIpc) is 3.16. The molecule has 0 radical (unpaired) electrons. The van der Waals surface area contributed by atoms with Crippen molar-refractivity contribution < 1.29 is 18.8 Å². The van der Waals surface area contributed by atoms with Crippen LogP contribution in [0.3, 0.4) is 0 Å². The van der Waals surface area contributed by atoms with Gasteiger partial charge in [0.2, 0.25) is 11.8 Å². The fourth-order valence-corrected chi connectivity index (χ4v) is 4.89. The molecule has 2 fully saturated rings. The van der Waals surface area contributed by atoms with Gasteiger partial charge in [-0.25, -0.2) is 9.29 Å². The van der Waals surface area contributed by atoms with Gasteiger partial charge in [-0.2, -0.15) is 0 Å². The van der Waals surface area contributed by atoms with Gasteiger partial charge in [0.25, 0.3) is 0 Å². The van der Waals surface area contributed by atoms with Crippen LogP contribution in [0.4, 0.5) is 10.1 Å². The summed E-state index contributed by atoms with van der Waals surface area (Å²) >= 11 is 0. The number of nitrogens with zero attached hydrogens (tertiary/aromatic N) is 2. The molecule has 2 amide bonds. The van der Waals surface area contributed by atoms with E-state index < -0.39 is 41.6 Å². The van der Waals surface area contributed by atoms with Gasteiger partial charge in [-0.3, -0.25) is 14.4 Å². The first kappa shape index (κ1) is 16.9. The minimum absolute atomic E-state index is 0.0552. The second-order valence-corrected chi connectivity index (χ2v) is 7.41. The van der Waals surface area contributed by atoms with E-state index in [1.807, 2.05) is 35.2 Å². The Balaban J connectivity index is 1.67. The lowest BCUT2D eigenvalue weighted by molar-refractivity contribution is -0.129. The zero-order valence-corrected chi connectivity index (χ0v) is 15.1. The molecule has 140 valence electrons. The second-order valence-electron chi connectivity index (χ2n) is 7.41. The number of carbonyl (C=O) groups is 3. The van der Waals surface area contributed by atoms with Gasteiger partial charge < -0.3 is 4.90 Å². The zero-order chi connectivity index (χ0) is 19.6. The summed E-state index contributed by atoms with van der Waals surface area (Å²) in [7, 11) is 0. The number of amides is 2. The van der Waals surface area contributed by atoms with Crippen LogP contribution in [0.25, 0.3) is 6.08 Å². The molecule has 0 N–H and O–H groups in total. The van der Waals surface area contributed by atoms with Gasteiger partial charge in [-0.05, 0) is 36.3 Å². The molecule has 0 spiro atoms. The Morgan fingerprint density at radius 3 is 2.39 bits per heavy atom. The molecule has 3 aliphatic rings. The van der Waals surface area contributed by atoms with E-state index in [1.54, 1.807) is 12.3 Å². The van der Waals surface area contributed by atoms with Crippen molar-refractivity contribution in [1.29, 1.82) is 0 Å². The predicted octanol–water partition coefficient (Wildman–Crippen LogP) is 2.93. The number of ketones is 1. The van der Waals surface area contributed by atoms with Crippen molar-refractivity contribution in [2.24, 2.45) is 11.8 Å². The van der Waals surface area contributed by atoms with Crippen molar-refractivity contribution >= 4 is 29.4 Å². The summed E-state index contributed by atoms with van der Waals surface area (Å²) in [4.78, 5) is 41.9. The van der Waals surface area contributed by atoms with Crippen LogP contribution in [-0.2, 0) is 14.4 Å². The zero-order valence-electron chi connectivity index (χ0n) is 15.1. The summed E-state index contributed by atoms with van der Waals surface area (Å²) in [5, 5.41) is 0. The number of hydrogen-bond donors (Lipinski definition) is 0. The van der Waals surface area contributed by atoms with Crippen molar-refractivity contribution in [3.63, 3.8) is 0 Å². The summed E-state index contributed by atoms with van der Waals surface area (Å²) in [6, 6.07) is 12.2. The molecule has 3 heterocycles. The van der Waals surface area contributed by atoms with E-state index in [0.29, 0.717) is 0 Å². The smallest absolute Gasteiger partial charge is 0.240 e. The number of halogens is 1. The van der Waals surface area contributed by atoms with Crippen molar-refractivity contribution in [3.8, 4) is 0 Å². The molecule has 0 saturated carbocycles. The van der Waals surface area contributed by atoms with E-state index in [2.05, 4.69) is 0 Å². The summed E-state index contributed by atoms with van der Waals surface area (Å²) in [5.41, 5.74) is 1.80. The van der Waals surface area contributed by atoms with Gasteiger partial charge in [0.15, 0.2) is 5.78 Å². The fourth-order valence-electron chi connectivity index (χ4n) is 4.89. The van der Waals surface area contributed by atoms with E-state index in [1.165, 1.54) is 25.1 Å². The summed E-state index contributed by atoms with van der Waals surface area (Å²) in [5.74, 6) is -3.34. The fraction of sp³-hybridized carbons (Fsp3) is 0.227. The Morgan fingerprint density at radius 2 is 1.64 bits per heavy atom. The highest BCUT2D eigenvalue weighted by atomic mass is 19.1. The first-order valence-electron chi connectivity index (χ1n) is 9.18. The average molecular weight is 376 g/mol. The maximum absolute atomic E-state index is 14.4. The third kappa shape index (κ3) is 2.08. The lowest BCUT2D eigenvalue weighted by Gasteiger charge is -2.34. The third-order valence-corrected chi connectivity index (χ3v) is 5.97. The highest BCUT2D eigenvalue weighted by Crippen LogP contribution is 2.53. The third-order valence-electron chi connectivity index (χ3n) is 5.97. The van der Waals surface area contributed by atoms with Gasteiger partial charge in [0.05, 0.1) is 29.6 Å². The lowest BCUT2D eigenvalue weighted by atomic mass is 9.84. The van der Waals surface area contributed by atoms with Gasteiger partial charge in [0, 0.05) is 6.20 Å². The van der Waals surface area contributed by atoms with Crippen molar-refractivity contribution in [2.45, 2.75) is 19.0 Å². The first-order chi connectivity index (χ1) is 13.5. The van der Waals surface area contributed by atoms with Crippen molar-refractivity contribution in [3.05, 3.63) is 71.7 Å². The number of carbonyl (C=O) groups excluding carboxylic acids is 3. The van der Waals surface area contributed by atoms with Gasteiger partial charge in [-0.15, -0.1) is 0 Å². The largest absolute Gasteiger partial charge is 0.359 e. The molecule has 28 heavy (non-hydrogen) atoms. The number of anilines is 1. The number of Topliss-reactive ketones (excluding diaryl/α,β-unsaturated/α-hetero) is 1. The van der Waals surface area contributed by atoms with Crippen LogP contribution < -0.4 is 4.90 Å². The molecule has 2 saturated heterocycles. The van der Waals surface area contributed by atoms with Crippen LogP contribution in [0, 0.1) is 17.7 Å². The number of hydrogen-bond acceptors (Lipinski definition) is 4. The molecule has 0 bridgehead atoms. The van der Waals surface area contributed by atoms with E-state index >= 15 is 0 Å². The predicted molar refractivity (Wildman–Crippen MR) is 100 cm³/mol. The van der Waals surface area contributed by atoms with E-state index in [0.717, 1.165) is 16.0 Å². The lowest BCUT2D eigenvalue weighted by Crippen LogP contribution is -2.43. The second kappa shape index (κ2) is 5.86. The Kier molecular flexibility index (Phi) is 3.53. The summed E-state index contributed by atoms with van der Waals surface area (Å²) in [6.07, 6.45) is 3.69. The number of benzene rings is 2. The van der Waals surface area contributed by atoms with Crippen LogP contribution in [0.15, 0.2) is 54.7 Å². The molecule has 0 aliphatic carbocycles. The van der Waals surface area contributed by atoms with E-state index in [9.17, 15) is 18.8 Å². The molecule has 5 nitrogen and oxygen atoms in total. The standard InChI is InChI=1S/C22H17FN2O3/c1-12(26)19-17-18(20-14-7-3-2-6-13(14)10-11-24(19)20)22(28)25(21(17)27)16-9-5-4-8-15(16)23/h2-11,17-20H,1H3/t17-,18+,19-,20-/m1/s1. The molecule has 6 heteroatoms. The van der Waals surface area contributed by atoms with Crippen molar-refractivity contribution in [2.75, 3.05) is 4.90 Å². The SMILES string of the molecule is CC(=O)[C@@H]1[C@@H]2C(=O)N(c3ccccc3F)C(=O)[C@@H]2[C@H]2c3ccccc3C=CN12. The number of rotatable bonds is 2. The van der Waals surface area contributed by atoms with Gasteiger partial charge >= 0.3 is 0 Å². The van der Waals surface area contributed by atoms with E-state index in [4.69, 9.17) is 0 Å². The molecule has 0 unspecified atom stereocenters. The molecular formula is C22H17FN2O3. The Hall–Kier alpha value is -3.28. The Morgan fingerprint density at radius 1 is 0.964 bits per heavy atom. The number of fused-ring (bicyclic) bond motifs is 5. The highest BCUT2D eigenvalue weighted by molar-refractivity contribution is 6.24. The molecule has 0 aromatic heterocycles. The monoisotopic (exact) mass is 376 g/mol. The Bertz CT molecular complexity index is 1060. The van der Waals surface area contributed by atoms with Crippen LogP contribution in [0.2, 0.25) is 0 Å². The molecule has 2 aromatic rings. The molecule has 2 aromatic carbocycles. The van der Waals surface area contributed by atoms with E-state index in [-0.39, 0.29) is 11.5 Å². The molecule has 4 atom stereocenters. The van der Waals surface area contributed by atoms with Crippen LogP contribution in [-0.4, -0.2) is 28.5 Å². The van der Waals surface area contributed by atoms with Gasteiger partial charge in [0.1, 0.15) is 5.82 Å². The highest BCUT2D eigenvalue weighted by Gasteiger charge is 2.64. The van der Waals surface area contributed by atoms with Gasteiger partial charge in [-0.1, -0.05) is 36.4 Å². The van der Waals surface area contributed by atoms with Crippen LogP contribution in [0.1, 0.15) is 24.1 Å². The number of para-hydroxylation sites is 1. The maximum atomic E-state index is 14.4. The number of imide groups is 1. The summed E-state index contributed by atoms with van der Waals surface area (Å²) < 4.78 is 14.4. The first-order valence-corrected chi connectivity index (χ1v) is 9.18. The van der Waals surface area contributed by atoms with Crippen molar-refractivity contribution in [1.82, 2.24) is 4.90 Å². The molecular weight excluding hydrogens is 359 g/mol. The normalized spacial score (nSPS) is 27.6. The summed E-state index contributed by atoms with van der Waals surface area (Å²) in [6.45, 7) is 1.43. The minimum Gasteiger partial charge on any atom is -0.359 e. The topological polar surface area (TPSA) is 57.7 Å². The van der Waals surface area contributed by atoms with Crippen LogP contribution >= 0.6 is 0 Å². The molecule has 3 aliphatic heterocycles. The Labute approximate surface area is 161 Å².